The molecule has 30 heavy (non-hydrogen) atoms. The zero-order chi connectivity index (χ0) is 21.4. The molecule has 0 radical (unpaired) electrons. The maximum absolute atomic E-state index is 13.5. The van der Waals surface area contributed by atoms with Crippen molar-refractivity contribution in [3.63, 3.8) is 0 Å². The van der Waals surface area contributed by atoms with Crippen LogP contribution in [0.25, 0.3) is 11.0 Å². The van der Waals surface area contributed by atoms with Gasteiger partial charge in [-0.15, -0.1) is 0 Å². The summed E-state index contributed by atoms with van der Waals surface area (Å²) in [6.07, 6.45) is 0. The minimum Gasteiger partial charge on any atom is -0.497 e. The van der Waals surface area contributed by atoms with E-state index >= 15 is 0 Å². The molecule has 7 nitrogen and oxygen atoms in total. The van der Waals surface area contributed by atoms with Crippen molar-refractivity contribution in [1.29, 1.82) is 0 Å². The number of rotatable bonds is 6. The molecule has 7 heteroatoms. The van der Waals surface area contributed by atoms with Crippen LogP contribution in [0.5, 0.6) is 11.5 Å². The number of carbonyl (C=O) groups excluding carboxylic acids is 1. The minimum atomic E-state index is -0.523. The molecule has 1 aromatic heterocycles. The van der Waals surface area contributed by atoms with Crippen molar-refractivity contribution < 1.29 is 23.6 Å². The highest BCUT2D eigenvalue weighted by atomic mass is 16.5. The third-order valence-corrected chi connectivity index (χ3v) is 5.44. The van der Waals surface area contributed by atoms with E-state index in [1.165, 1.54) is 4.90 Å². The number of nitrogens with zero attached hydrogens (tertiary/aromatic N) is 1. The van der Waals surface area contributed by atoms with E-state index in [1.807, 2.05) is 38.4 Å². The number of quaternary nitrogens is 1. The average Bonchev–Trinajstić information content (AvgIpc) is 3.04. The monoisotopic (exact) mass is 409 g/mol. The lowest BCUT2D eigenvalue weighted by molar-refractivity contribution is -0.857. The van der Waals surface area contributed by atoms with Gasteiger partial charge < -0.3 is 23.7 Å². The number of fused-ring (bicyclic) bond motifs is 2. The van der Waals surface area contributed by atoms with Gasteiger partial charge in [-0.1, -0.05) is 12.1 Å². The highest BCUT2D eigenvalue weighted by Gasteiger charge is 2.43. The molecule has 156 valence electrons. The molecule has 1 aliphatic rings. The summed E-state index contributed by atoms with van der Waals surface area (Å²) in [5.41, 5.74) is 1.33. The predicted octanol–water partition coefficient (Wildman–Crippen LogP) is 1.50. The van der Waals surface area contributed by atoms with Gasteiger partial charge in [-0.3, -0.25) is 9.59 Å². The fourth-order valence-corrected chi connectivity index (χ4v) is 3.86. The standard InChI is InChI=1S/C23H24N2O5/c1-24(2)10-11-25-20(14-6-5-7-15(12-14)28-3)19-21(26)17-9-8-16(29-4)13-18(17)30-22(19)23(25)27/h5-9,12-13,20H,10-11H2,1-4H3/p+1/t20-/m1/s1. The molecule has 0 bridgehead atoms. The first kappa shape index (κ1) is 20.0. The molecule has 2 aromatic carbocycles. The molecule has 0 spiro atoms. The number of methoxy groups -OCH3 is 2. The zero-order valence-corrected chi connectivity index (χ0v) is 17.5. The Labute approximate surface area is 174 Å². The molecule has 1 amide bonds. The quantitative estimate of drug-likeness (QED) is 0.668. The van der Waals surface area contributed by atoms with Crippen LogP contribution >= 0.6 is 0 Å². The Kier molecular flexibility index (Phi) is 5.22. The average molecular weight is 409 g/mol. The fraction of sp³-hybridized carbons (Fsp3) is 0.304. The Balaban J connectivity index is 1.93. The second-order valence-electron chi connectivity index (χ2n) is 7.67. The first-order chi connectivity index (χ1) is 14.4. The molecular formula is C23H25N2O5+. The summed E-state index contributed by atoms with van der Waals surface area (Å²) >= 11 is 0. The second-order valence-corrected chi connectivity index (χ2v) is 7.67. The van der Waals surface area contributed by atoms with Gasteiger partial charge >= 0.3 is 0 Å². The lowest BCUT2D eigenvalue weighted by Gasteiger charge is -2.25. The highest BCUT2D eigenvalue weighted by molar-refractivity contribution is 5.99. The smallest absolute Gasteiger partial charge is 0.291 e. The molecule has 0 unspecified atom stereocenters. The van der Waals surface area contributed by atoms with Crippen molar-refractivity contribution in [3.05, 3.63) is 69.6 Å². The summed E-state index contributed by atoms with van der Waals surface area (Å²) in [4.78, 5) is 29.7. The third kappa shape index (κ3) is 3.31. The van der Waals surface area contributed by atoms with Gasteiger partial charge in [0.1, 0.15) is 17.1 Å². The molecular weight excluding hydrogens is 384 g/mol. The number of carbonyl (C=O) groups is 1. The number of likely N-dealkylation sites (N-methyl/N-ethyl adjacent to an activating group) is 1. The van der Waals surface area contributed by atoms with Crippen molar-refractivity contribution >= 4 is 16.9 Å². The van der Waals surface area contributed by atoms with E-state index in [4.69, 9.17) is 13.9 Å². The van der Waals surface area contributed by atoms with Crippen LogP contribution in [0.3, 0.4) is 0 Å². The largest absolute Gasteiger partial charge is 0.497 e. The molecule has 0 aliphatic carbocycles. The Morgan fingerprint density at radius 3 is 2.47 bits per heavy atom. The van der Waals surface area contributed by atoms with E-state index in [0.717, 1.165) is 12.1 Å². The Bertz CT molecular complexity index is 1170. The number of nitrogens with one attached hydrogen (secondary N) is 1. The van der Waals surface area contributed by atoms with E-state index < -0.39 is 6.04 Å². The summed E-state index contributed by atoms with van der Waals surface area (Å²) in [5, 5.41) is 0.426. The van der Waals surface area contributed by atoms with Gasteiger partial charge in [0.25, 0.3) is 5.91 Å². The summed E-state index contributed by atoms with van der Waals surface area (Å²) < 4.78 is 16.6. The van der Waals surface area contributed by atoms with Crippen molar-refractivity contribution in [2.45, 2.75) is 6.04 Å². The van der Waals surface area contributed by atoms with Gasteiger partial charge in [0.15, 0.2) is 5.43 Å². The summed E-state index contributed by atoms with van der Waals surface area (Å²) in [5.74, 6) is 1.05. The van der Waals surface area contributed by atoms with Gasteiger partial charge in [0.05, 0.1) is 58.4 Å². The SMILES string of the molecule is COc1cccc([C@@H]2c3c(oc4cc(OC)ccc4c3=O)C(=O)N2CC[NH+](C)C)c1. The van der Waals surface area contributed by atoms with Gasteiger partial charge in [-0.05, 0) is 29.8 Å². The molecule has 1 aliphatic heterocycles. The maximum atomic E-state index is 13.5. The van der Waals surface area contributed by atoms with E-state index in [1.54, 1.807) is 37.3 Å². The molecule has 1 atom stereocenters. The molecule has 3 aromatic rings. The first-order valence-electron chi connectivity index (χ1n) is 9.83. The predicted molar refractivity (Wildman–Crippen MR) is 113 cm³/mol. The van der Waals surface area contributed by atoms with E-state index in [2.05, 4.69) is 0 Å². The molecule has 1 N–H and O–H groups in total. The van der Waals surface area contributed by atoms with Crippen LogP contribution in [0, 0.1) is 0 Å². The van der Waals surface area contributed by atoms with Crippen LogP contribution in [-0.2, 0) is 0 Å². The zero-order valence-electron chi connectivity index (χ0n) is 17.5. The van der Waals surface area contributed by atoms with Gasteiger partial charge in [-0.2, -0.15) is 0 Å². The second kappa shape index (κ2) is 7.84. The van der Waals surface area contributed by atoms with Gasteiger partial charge in [-0.25, -0.2) is 0 Å². The van der Waals surface area contributed by atoms with Crippen molar-refractivity contribution in [1.82, 2.24) is 4.90 Å². The number of hydrogen-bond donors (Lipinski definition) is 1. The minimum absolute atomic E-state index is 0.0994. The number of benzene rings is 2. The fourth-order valence-electron chi connectivity index (χ4n) is 3.86. The maximum Gasteiger partial charge on any atom is 0.291 e. The van der Waals surface area contributed by atoms with Crippen LogP contribution in [0.2, 0.25) is 0 Å². The number of ether oxygens (including phenoxy) is 2. The van der Waals surface area contributed by atoms with Crippen LogP contribution in [0.15, 0.2) is 51.7 Å². The van der Waals surface area contributed by atoms with E-state index in [0.29, 0.717) is 34.6 Å². The number of amides is 1. The lowest BCUT2D eigenvalue weighted by Crippen LogP contribution is -3.06. The Hall–Kier alpha value is -3.32. The van der Waals surface area contributed by atoms with E-state index in [9.17, 15) is 9.59 Å². The van der Waals surface area contributed by atoms with Crippen LogP contribution in [0.4, 0.5) is 0 Å². The summed E-state index contributed by atoms with van der Waals surface area (Å²) in [6, 6.07) is 12.0. The van der Waals surface area contributed by atoms with Crippen LogP contribution in [-0.4, -0.2) is 52.2 Å². The van der Waals surface area contributed by atoms with Gasteiger partial charge in [0, 0.05) is 6.07 Å². The first-order valence-corrected chi connectivity index (χ1v) is 9.83. The molecule has 0 fully saturated rings. The molecule has 0 saturated carbocycles. The number of hydrogen-bond acceptors (Lipinski definition) is 5. The normalized spacial score (nSPS) is 15.7. The lowest BCUT2D eigenvalue weighted by atomic mass is 9.98. The van der Waals surface area contributed by atoms with Crippen LogP contribution in [0.1, 0.15) is 27.7 Å². The summed E-state index contributed by atoms with van der Waals surface area (Å²) in [6.45, 7) is 1.23. The third-order valence-electron chi connectivity index (χ3n) is 5.44. The van der Waals surface area contributed by atoms with Crippen molar-refractivity contribution in [2.75, 3.05) is 41.4 Å². The van der Waals surface area contributed by atoms with Crippen molar-refractivity contribution in [3.8, 4) is 11.5 Å². The molecule has 0 saturated heterocycles. The highest BCUT2D eigenvalue weighted by Crippen LogP contribution is 2.39. The molecule has 4 rings (SSSR count). The topological polar surface area (TPSA) is 73.4 Å². The molecule has 2 heterocycles. The van der Waals surface area contributed by atoms with Crippen LogP contribution < -0.4 is 19.8 Å². The Morgan fingerprint density at radius 2 is 1.77 bits per heavy atom. The van der Waals surface area contributed by atoms with Gasteiger partial charge in [0.2, 0.25) is 5.76 Å². The van der Waals surface area contributed by atoms with Crippen molar-refractivity contribution in [2.24, 2.45) is 0 Å². The van der Waals surface area contributed by atoms with E-state index in [-0.39, 0.29) is 17.1 Å². The Morgan fingerprint density at radius 1 is 1.03 bits per heavy atom. The summed E-state index contributed by atoms with van der Waals surface area (Å²) in [7, 11) is 7.19.